The molecule has 11 heteroatoms. The number of anilines is 1. The van der Waals surface area contributed by atoms with E-state index in [1.807, 2.05) is 6.07 Å². The van der Waals surface area contributed by atoms with Gasteiger partial charge in [0, 0.05) is 34.4 Å². The quantitative estimate of drug-likeness (QED) is 0.363. The molecule has 5 aromatic heterocycles. The average Bonchev–Trinajstić information content (AvgIpc) is 3.62. The SMILES string of the molecule is Fc1cncc(-c2nc(N[C@@H]3CCc4[nH]c5ccccc5c4C3)n3ncc(-c4cn[nH]n4)c3n2)c1. The van der Waals surface area contributed by atoms with Gasteiger partial charge in [-0.3, -0.25) is 4.98 Å². The second kappa shape index (κ2) is 7.69. The van der Waals surface area contributed by atoms with Crippen molar-refractivity contribution in [3.8, 4) is 22.6 Å². The summed E-state index contributed by atoms with van der Waals surface area (Å²) in [6.45, 7) is 0. The van der Waals surface area contributed by atoms with Gasteiger partial charge in [-0.25, -0.2) is 9.37 Å². The van der Waals surface area contributed by atoms with E-state index in [4.69, 9.17) is 4.98 Å². The number of aryl methyl sites for hydroxylation is 1. The third-order valence-corrected chi connectivity index (χ3v) is 6.45. The fourth-order valence-corrected chi connectivity index (χ4v) is 4.82. The fourth-order valence-electron chi connectivity index (χ4n) is 4.82. The molecule has 10 nitrogen and oxygen atoms in total. The molecule has 0 saturated heterocycles. The van der Waals surface area contributed by atoms with Crippen LogP contribution < -0.4 is 5.32 Å². The van der Waals surface area contributed by atoms with Crippen LogP contribution in [0.4, 0.5) is 10.3 Å². The van der Waals surface area contributed by atoms with Crippen molar-refractivity contribution >= 4 is 22.5 Å². The van der Waals surface area contributed by atoms with Crippen LogP contribution in [0, 0.1) is 5.82 Å². The summed E-state index contributed by atoms with van der Waals surface area (Å²) in [4.78, 5) is 16.9. The number of pyridine rings is 1. The maximum absolute atomic E-state index is 13.9. The van der Waals surface area contributed by atoms with Crippen LogP contribution >= 0.6 is 0 Å². The van der Waals surface area contributed by atoms with Gasteiger partial charge in [-0.05, 0) is 37.0 Å². The smallest absolute Gasteiger partial charge is 0.228 e. The summed E-state index contributed by atoms with van der Waals surface area (Å²) in [5.74, 6) is 0.419. The Balaban J connectivity index is 1.32. The first-order chi connectivity index (χ1) is 17.2. The van der Waals surface area contributed by atoms with Gasteiger partial charge in [0.15, 0.2) is 11.5 Å². The predicted molar refractivity (Wildman–Crippen MR) is 127 cm³/mol. The fraction of sp³-hybridized carbons (Fsp3) is 0.167. The van der Waals surface area contributed by atoms with Crippen LogP contribution in [-0.4, -0.2) is 51.0 Å². The summed E-state index contributed by atoms with van der Waals surface area (Å²) in [6.07, 6.45) is 8.69. The molecule has 0 fully saturated rings. The van der Waals surface area contributed by atoms with Crippen LogP contribution in [0.1, 0.15) is 17.7 Å². The molecule has 0 bridgehead atoms. The van der Waals surface area contributed by atoms with E-state index in [0.717, 1.165) is 31.0 Å². The molecule has 1 aliphatic carbocycles. The van der Waals surface area contributed by atoms with Crippen molar-refractivity contribution in [2.75, 3.05) is 5.32 Å². The number of nitrogens with zero attached hydrogens (tertiary/aromatic N) is 7. The predicted octanol–water partition coefficient (Wildman–Crippen LogP) is 3.56. The van der Waals surface area contributed by atoms with Gasteiger partial charge in [-0.1, -0.05) is 18.2 Å². The summed E-state index contributed by atoms with van der Waals surface area (Å²) in [5, 5.41) is 20.1. The zero-order valence-electron chi connectivity index (χ0n) is 18.4. The summed E-state index contributed by atoms with van der Waals surface area (Å²) < 4.78 is 15.6. The van der Waals surface area contributed by atoms with Crippen molar-refractivity contribution in [1.29, 1.82) is 0 Å². The van der Waals surface area contributed by atoms with E-state index < -0.39 is 5.82 Å². The maximum Gasteiger partial charge on any atom is 0.228 e. The minimum Gasteiger partial charge on any atom is -0.358 e. The number of aromatic nitrogens is 9. The van der Waals surface area contributed by atoms with Crippen LogP contribution in [0.3, 0.4) is 0 Å². The first-order valence-electron chi connectivity index (χ1n) is 11.3. The van der Waals surface area contributed by atoms with Crippen molar-refractivity contribution in [3.63, 3.8) is 0 Å². The highest BCUT2D eigenvalue weighted by molar-refractivity contribution is 5.85. The first-order valence-corrected chi connectivity index (χ1v) is 11.3. The molecular formula is C24H19FN10. The lowest BCUT2D eigenvalue weighted by Gasteiger charge is -2.24. The monoisotopic (exact) mass is 466 g/mol. The van der Waals surface area contributed by atoms with Gasteiger partial charge in [0.1, 0.15) is 11.5 Å². The first kappa shape index (κ1) is 19.8. The third-order valence-electron chi connectivity index (χ3n) is 6.45. The van der Waals surface area contributed by atoms with Crippen LogP contribution in [0.25, 0.3) is 39.2 Å². The van der Waals surface area contributed by atoms with Crippen molar-refractivity contribution in [2.45, 2.75) is 25.3 Å². The Bertz CT molecular complexity index is 1680. The number of hydrogen-bond donors (Lipinski definition) is 3. The molecule has 0 amide bonds. The molecule has 0 radical (unpaired) electrons. The highest BCUT2D eigenvalue weighted by Crippen LogP contribution is 2.31. The molecule has 5 heterocycles. The second-order valence-electron chi connectivity index (χ2n) is 8.62. The molecule has 0 aliphatic heterocycles. The van der Waals surface area contributed by atoms with E-state index in [1.165, 1.54) is 22.7 Å². The minimum absolute atomic E-state index is 0.137. The molecule has 35 heavy (non-hydrogen) atoms. The van der Waals surface area contributed by atoms with E-state index in [2.05, 4.69) is 59.0 Å². The van der Waals surface area contributed by atoms with E-state index in [9.17, 15) is 4.39 Å². The van der Waals surface area contributed by atoms with E-state index in [1.54, 1.807) is 23.1 Å². The standard InChI is InChI=1S/C24H19FN10/c25-14-7-13(9-26-10-14)22-31-23-18(21-12-27-34-33-21)11-28-35(23)24(32-22)29-15-5-6-20-17(8-15)16-3-1-2-4-19(16)30-20/h1-4,7,9-12,15,30H,5-6,8H2,(H,27,33,34)(H,29,31,32)/t15-/m1/s1. The molecule has 1 aromatic carbocycles. The molecule has 0 saturated carbocycles. The normalized spacial score (nSPS) is 15.5. The Morgan fingerprint density at radius 1 is 1.09 bits per heavy atom. The Morgan fingerprint density at radius 2 is 2.03 bits per heavy atom. The number of rotatable bonds is 4. The van der Waals surface area contributed by atoms with Crippen LogP contribution in [-0.2, 0) is 12.8 Å². The number of aromatic amines is 2. The van der Waals surface area contributed by atoms with Crippen LogP contribution in [0.5, 0.6) is 0 Å². The van der Waals surface area contributed by atoms with Crippen molar-refractivity contribution in [2.24, 2.45) is 0 Å². The highest BCUT2D eigenvalue weighted by Gasteiger charge is 2.25. The Labute approximate surface area is 197 Å². The summed E-state index contributed by atoms with van der Waals surface area (Å²) in [7, 11) is 0. The molecule has 3 N–H and O–H groups in total. The highest BCUT2D eigenvalue weighted by atomic mass is 19.1. The zero-order valence-corrected chi connectivity index (χ0v) is 18.4. The van der Waals surface area contributed by atoms with Gasteiger partial charge in [0.25, 0.3) is 0 Å². The molecule has 6 aromatic rings. The third kappa shape index (κ3) is 3.31. The van der Waals surface area contributed by atoms with Gasteiger partial charge in [-0.15, -0.1) is 0 Å². The van der Waals surface area contributed by atoms with Crippen LogP contribution in [0.15, 0.2) is 55.1 Å². The van der Waals surface area contributed by atoms with Crippen molar-refractivity contribution in [3.05, 3.63) is 72.2 Å². The largest absolute Gasteiger partial charge is 0.358 e. The van der Waals surface area contributed by atoms with Gasteiger partial charge in [0.2, 0.25) is 5.95 Å². The van der Waals surface area contributed by atoms with Crippen LogP contribution in [0.2, 0.25) is 0 Å². The summed E-state index contributed by atoms with van der Waals surface area (Å²) in [5.41, 5.74) is 6.09. The lowest BCUT2D eigenvalue weighted by molar-refractivity contribution is 0.599. The number of nitrogens with one attached hydrogen (secondary N) is 3. The summed E-state index contributed by atoms with van der Waals surface area (Å²) >= 11 is 0. The zero-order chi connectivity index (χ0) is 23.4. The Morgan fingerprint density at radius 3 is 2.91 bits per heavy atom. The Kier molecular flexibility index (Phi) is 4.34. The van der Waals surface area contributed by atoms with E-state index in [-0.39, 0.29) is 6.04 Å². The van der Waals surface area contributed by atoms with Gasteiger partial charge < -0.3 is 10.3 Å². The van der Waals surface area contributed by atoms with E-state index >= 15 is 0 Å². The Hall–Kier alpha value is -4.67. The van der Waals surface area contributed by atoms with Gasteiger partial charge >= 0.3 is 0 Å². The number of para-hydroxylation sites is 1. The number of H-pyrrole nitrogens is 2. The second-order valence-corrected chi connectivity index (χ2v) is 8.62. The molecule has 0 unspecified atom stereocenters. The molecule has 172 valence electrons. The number of halogens is 1. The van der Waals surface area contributed by atoms with Gasteiger partial charge in [-0.2, -0.15) is 30.0 Å². The molecule has 1 aliphatic rings. The number of fused-ring (bicyclic) bond motifs is 4. The molecule has 1 atom stereocenters. The molecule has 0 spiro atoms. The number of benzene rings is 1. The maximum atomic E-state index is 13.9. The lowest BCUT2D eigenvalue weighted by Crippen LogP contribution is -2.29. The van der Waals surface area contributed by atoms with Crippen molar-refractivity contribution < 1.29 is 4.39 Å². The van der Waals surface area contributed by atoms with Gasteiger partial charge in [0.05, 0.1) is 24.2 Å². The number of hydrogen-bond acceptors (Lipinski definition) is 7. The molecular weight excluding hydrogens is 447 g/mol. The average molecular weight is 466 g/mol. The summed E-state index contributed by atoms with van der Waals surface area (Å²) in [6, 6.07) is 9.88. The van der Waals surface area contributed by atoms with E-state index in [0.29, 0.717) is 34.2 Å². The topological polar surface area (TPSA) is 125 Å². The minimum atomic E-state index is -0.454. The van der Waals surface area contributed by atoms with Crippen molar-refractivity contribution in [1.82, 2.24) is 45.0 Å². The molecule has 7 rings (SSSR count). The lowest BCUT2D eigenvalue weighted by atomic mass is 9.91.